The molecule has 1 aliphatic rings. The van der Waals surface area contributed by atoms with Gasteiger partial charge in [-0.2, -0.15) is 0 Å². The van der Waals surface area contributed by atoms with Crippen molar-refractivity contribution in [2.45, 2.75) is 45.2 Å². The Balaban J connectivity index is 2.11. The van der Waals surface area contributed by atoms with Gasteiger partial charge in [0.2, 0.25) is 0 Å². The molecule has 2 N–H and O–H groups in total. The van der Waals surface area contributed by atoms with Crippen LogP contribution >= 0.6 is 0 Å². The molecule has 1 aromatic carbocycles. The zero-order valence-corrected chi connectivity index (χ0v) is 15.6. The maximum absolute atomic E-state index is 13.5. The van der Waals surface area contributed by atoms with E-state index in [1.54, 1.807) is 12.3 Å². The summed E-state index contributed by atoms with van der Waals surface area (Å²) in [5, 5.41) is 6.48. The lowest BCUT2D eigenvalue weighted by Gasteiger charge is -2.20. The van der Waals surface area contributed by atoms with Gasteiger partial charge in [0, 0.05) is 37.0 Å². The summed E-state index contributed by atoms with van der Waals surface area (Å²) >= 11 is 0. The maximum Gasteiger partial charge on any atom is 0.270 e. The summed E-state index contributed by atoms with van der Waals surface area (Å²) in [7, 11) is 1.90. The molecule has 0 amide bonds. The van der Waals surface area contributed by atoms with E-state index in [2.05, 4.69) is 28.6 Å². The predicted molar refractivity (Wildman–Crippen MR) is 104 cm³/mol. The highest BCUT2D eigenvalue weighted by molar-refractivity contribution is 6.10. The van der Waals surface area contributed by atoms with E-state index in [1.165, 1.54) is 12.1 Å². The number of nitrogens with zero attached hydrogens (tertiary/aromatic N) is 1. The summed E-state index contributed by atoms with van der Waals surface area (Å²) in [5.41, 5.74) is 2.78. The van der Waals surface area contributed by atoms with Crippen molar-refractivity contribution in [2.75, 3.05) is 7.05 Å². The van der Waals surface area contributed by atoms with Crippen molar-refractivity contribution in [2.24, 2.45) is 4.99 Å². The number of alkyl halides is 2. The van der Waals surface area contributed by atoms with Crippen molar-refractivity contribution in [3.05, 3.63) is 71.6 Å². The van der Waals surface area contributed by atoms with Gasteiger partial charge in [-0.25, -0.2) is 8.78 Å². The Morgan fingerprint density at radius 2 is 2.12 bits per heavy atom. The minimum atomic E-state index is -2.83. The van der Waals surface area contributed by atoms with Gasteiger partial charge in [-0.15, -0.1) is 0 Å². The van der Waals surface area contributed by atoms with E-state index in [0.717, 1.165) is 36.6 Å². The molecule has 1 aliphatic heterocycles. The summed E-state index contributed by atoms with van der Waals surface area (Å²) < 4.78 is 26.9. The van der Waals surface area contributed by atoms with Crippen molar-refractivity contribution >= 4 is 5.71 Å². The summed E-state index contributed by atoms with van der Waals surface area (Å²) in [5.74, 6) is -2.83. The van der Waals surface area contributed by atoms with E-state index < -0.39 is 5.92 Å². The highest BCUT2D eigenvalue weighted by Gasteiger charge is 2.24. The number of rotatable bonds is 8. The average Bonchev–Trinajstić information content (AvgIpc) is 2.62. The number of nitrogens with one attached hydrogen (secondary N) is 2. The maximum atomic E-state index is 13.5. The Labute approximate surface area is 154 Å². The fourth-order valence-electron chi connectivity index (χ4n) is 2.70. The van der Waals surface area contributed by atoms with Crippen LogP contribution in [0.5, 0.6) is 0 Å². The topological polar surface area (TPSA) is 36.4 Å². The van der Waals surface area contributed by atoms with E-state index >= 15 is 0 Å². The zero-order valence-electron chi connectivity index (χ0n) is 15.6. The monoisotopic (exact) mass is 359 g/mol. The quantitative estimate of drug-likeness (QED) is 0.707. The second-order valence-electron chi connectivity index (χ2n) is 6.38. The van der Waals surface area contributed by atoms with Gasteiger partial charge in [0.1, 0.15) is 0 Å². The third-order valence-electron chi connectivity index (χ3n) is 4.16. The van der Waals surface area contributed by atoms with E-state index in [-0.39, 0.29) is 11.6 Å². The molecule has 0 saturated carbocycles. The minimum Gasteiger partial charge on any atom is -0.386 e. The molecule has 3 nitrogen and oxygen atoms in total. The molecule has 0 aliphatic carbocycles. The Kier molecular flexibility index (Phi) is 7.27. The van der Waals surface area contributed by atoms with E-state index in [4.69, 9.17) is 0 Å². The van der Waals surface area contributed by atoms with Crippen molar-refractivity contribution < 1.29 is 8.78 Å². The minimum absolute atomic E-state index is 0.0305. The molecule has 1 atom stereocenters. The molecule has 2 rings (SSSR count). The molecule has 140 valence electrons. The van der Waals surface area contributed by atoms with Gasteiger partial charge in [-0.05, 0) is 37.3 Å². The number of hydrogen-bond donors (Lipinski definition) is 2. The molecule has 5 heteroatoms. The van der Waals surface area contributed by atoms with Crippen LogP contribution in [-0.2, 0) is 12.5 Å². The SMILES string of the molecule is CCCC=CC1=NC=CC(NC)/C1=C\NCc1cccc(C(C)(F)F)c1. The molecule has 1 heterocycles. The molecule has 0 saturated heterocycles. The van der Waals surface area contributed by atoms with Crippen LogP contribution in [0, 0.1) is 0 Å². The van der Waals surface area contributed by atoms with Gasteiger partial charge >= 0.3 is 0 Å². The van der Waals surface area contributed by atoms with E-state index in [9.17, 15) is 8.78 Å². The van der Waals surface area contributed by atoms with Crippen molar-refractivity contribution in [3.8, 4) is 0 Å². The number of benzene rings is 1. The first-order chi connectivity index (χ1) is 12.5. The highest BCUT2D eigenvalue weighted by atomic mass is 19.3. The average molecular weight is 359 g/mol. The molecule has 26 heavy (non-hydrogen) atoms. The van der Waals surface area contributed by atoms with Gasteiger partial charge in [0.15, 0.2) is 0 Å². The molecule has 0 aromatic heterocycles. The van der Waals surface area contributed by atoms with Crippen LogP contribution in [-0.4, -0.2) is 18.8 Å². The Morgan fingerprint density at radius 3 is 2.81 bits per heavy atom. The summed E-state index contributed by atoms with van der Waals surface area (Å²) in [6.07, 6.45) is 11.9. The van der Waals surface area contributed by atoms with Crippen LogP contribution in [0.3, 0.4) is 0 Å². The first-order valence-electron chi connectivity index (χ1n) is 8.95. The van der Waals surface area contributed by atoms with Gasteiger partial charge in [-0.3, -0.25) is 4.99 Å². The normalized spacial score (nSPS) is 19.2. The molecule has 1 aromatic rings. The van der Waals surface area contributed by atoms with Gasteiger partial charge < -0.3 is 10.6 Å². The predicted octanol–water partition coefficient (Wildman–Crippen LogP) is 4.68. The summed E-state index contributed by atoms with van der Waals surface area (Å²) in [6, 6.07) is 6.56. The zero-order chi connectivity index (χ0) is 19.0. The Hall–Kier alpha value is -2.27. The largest absolute Gasteiger partial charge is 0.386 e. The number of likely N-dealkylation sites (N-methyl/N-ethyl adjacent to an activating group) is 1. The first-order valence-corrected chi connectivity index (χ1v) is 8.95. The molecule has 0 spiro atoms. The number of hydrogen-bond acceptors (Lipinski definition) is 3. The van der Waals surface area contributed by atoms with Crippen LogP contribution in [0.1, 0.15) is 37.8 Å². The third kappa shape index (κ3) is 5.63. The lowest BCUT2D eigenvalue weighted by Crippen LogP contribution is -2.31. The molecule has 0 bridgehead atoms. The lowest BCUT2D eigenvalue weighted by molar-refractivity contribution is 0.0174. The van der Waals surface area contributed by atoms with Gasteiger partial charge in [-0.1, -0.05) is 37.6 Å². The fraction of sp³-hybridized carbons (Fsp3) is 0.381. The second kappa shape index (κ2) is 9.43. The standard InChI is InChI=1S/C21H27F2N3/c1-4-5-6-10-20-18(19(24-3)11-12-26-20)15-25-14-16-8-7-9-17(13-16)21(2,22)23/h6-13,15,19,24-25H,4-5,14H2,1-3H3/b10-6?,18-15+. The first kappa shape index (κ1) is 20.0. The Morgan fingerprint density at radius 1 is 1.31 bits per heavy atom. The van der Waals surface area contributed by atoms with Gasteiger partial charge in [0.25, 0.3) is 5.92 Å². The van der Waals surface area contributed by atoms with Crippen LogP contribution in [0.15, 0.2) is 65.5 Å². The number of unbranched alkanes of at least 4 members (excludes halogenated alkanes) is 1. The molecular weight excluding hydrogens is 332 g/mol. The third-order valence-corrected chi connectivity index (χ3v) is 4.16. The number of halogens is 2. The van der Waals surface area contributed by atoms with Crippen LogP contribution in [0.2, 0.25) is 0 Å². The van der Waals surface area contributed by atoms with Crippen LogP contribution < -0.4 is 10.6 Å². The van der Waals surface area contributed by atoms with E-state index in [1.807, 2.05) is 31.5 Å². The van der Waals surface area contributed by atoms with Crippen LogP contribution in [0.4, 0.5) is 8.78 Å². The van der Waals surface area contributed by atoms with Gasteiger partial charge in [0.05, 0.1) is 11.8 Å². The number of allylic oxidation sites excluding steroid dienone is 2. The molecular formula is C21H27F2N3. The van der Waals surface area contributed by atoms with Crippen molar-refractivity contribution in [1.29, 1.82) is 0 Å². The van der Waals surface area contributed by atoms with Crippen molar-refractivity contribution in [3.63, 3.8) is 0 Å². The summed E-state index contributed by atoms with van der Waals surface area (Å²) in [4.78, 5) is 4.45. The molecule has 1 unspecified atom stereocenters. The molecule has 0 radical (unpaired) electrons. The highest BCUT2D eigenvalue weighted by Crippen LogP contribution is 2.27. The Bertz CT molecular complexity index is 712. The fourth-order valence-corrected chi connectivity index (χ4v) is 2.70. The smallest absolute Gasteiger partial charge is 0.270 e. The lowest BCUT2D eigenvalue weighted by atomic mass is 10.00. The van der Waals surface area contributed by atoms with E-state index in [0.29, 0.717) is 6.54 Å². The summed E-state index contributed by atoms with van der Waals surface area (Å²) in [6.45, 7) is 3.52. The number of aliphatic imine (C=N–C) groups is 1. The molecule has 0 fully saturated rings. The van der Waals surface area contributed by atoms with Crippen LogP contribution in [0.25, 0.3) is 0 Å². The second-order valence-corrected chi connectivity index (χ2v) is 6.38. The van der Waals surface area contributed by atoms with Crippen molar-refractivity contribution in [1.82, 2.24) is 10.6 Å².